The lowest BCUT2D eigenvalue weighted by Gasteiger charge is -2.26. The molecule has 0 bridgehead atoms. The normalized spacial score (nSPS) is 13.9. The summed E-state index contributed by atoms with van der Waals surface area (Å²) in [6, 6.07) is 4.67. The van der Waals surface area contributed by atoms with Crippen LogP contribution < -0.4 is 9.46 Å². The fourth-order valence-corrected chi connectivity index (χ4v) is 4.78. The van der Waals surface area contributed by atoms with Crippen LogP contribution in [0.25, 0.3) is 0 Å². The van der Waals surface area contributed by atoms with Gasteiger partial charge in [-0.1, -0.05) is 13.0 Å². The van der Waals surface area contributed by atoms with E-state index in [1.54, 1.807) is 26.0 Å². The van der Waals surface area contributed by atoms with Crippen molar-refractivity contribution in [3.05, 3.63) is 23.8 Å². The molecule has 1 unspecified atom stereocenters. The Balaban J connectivity index is 2.91. The summed E-state index contributed by atoms with van der Waals surface area (Å²) in [5.41, 5.74) is 0.786. The Morgan fingerprint density at radius 1 is 1.25 bits per heavy atom. The maximum Gasteiger partial charge on any atom is 0.244 e. The Labute approximate surface area is 145 Å². The third kappa shape index (κ3) is 5.44. The minimum absolute atomic E-state index is 0.0170. The van der Waals surface area contributed by atoms with Crippen LogP contribution in [-0.2, 0) is 20.0 Å². The molecule has 1 aromatic carbocycles. The number of nitrogens with one attached hydrogen (secondary N) is 1. The molecule has 0 aliphatic carbocycles. The molecule has 1 N–H and O–H groups in total. The first kappa shape index (κ1) is 20.9. The summed E-state index contributed by atoms with van der Waals surface area (Å²) in [5, 5.41) is 0. The highest BCUT2D eigenvalue weighted by Crippen LogP contribution is 2.24. The highest BCUT2D eigenvalue weighted by molar-refractivity contribution is 7.89. The fraction of sp³-hybridized carbons (Fsp3) is 0.600. The number of hydrogen-bond acceptors (Lipinski definition) is 5. The molecule has 0 heterocycles. The van der Waals surface area contributed by atoms with Crippen LogP contribution in [0.1, 0.15) is 25.8 Å². The highest BCUT2D eigenvalue weighted by Gasteiger charge is 2.24. The van der Waals surface area contributed by atoms with E-state index in [-0.39, 0.29) is 29.8 Å². The zero-order valence-corrected chi connectivity index (χ0v) is 16.4. The minimum atomic E-state index is -3.80. The minimum Gasteiger partial charge on any atom is -0.495 e. The molecule has 0 amide bonds. The Morgan fingerprint density at radius 2 is 1.88 bits per heavy atom. The van der Waals surface area contributed by atoms with Gasteiger partial charge in [-0.15, -0.1) is 0 Å². The molecular formula is C15H26N2O5S2. The number of aryl methyl sites for hydroxylation is 1. The third-order valence-electron chi connectivity index (χ3n) is 3.74. The van der Waals surface area contributed by atoms with Gasteiger partial charge < -0.3 is 4.74 Å². The maximum atomic E-state index is 12.5. The van der Waals surface area contributed by atoms with Crippen molar-refractivity contribution in [1.82, 2.24) is 9.03 Å². The molecule has 1 aromatic rings. The molecule has 24 heavy (non-hydrogen) atoms. The van der Waals surface area contributed by atoms with Crippen LogP contribution in [0.4, 0.5) is 0 Å². The molecule has 1 atom stereocenters. The molecule has 9 heteroatoms. The zero-order chi connectivity index (χ0) is 18.5. The lowest BCUT2D eigenvalue weighted by atomic mass is 10.2. The number of rotatable bonds is 9. The second kappa shape index (κ2) is 8.28. The standard InChI is InChI=1S/C15H26N2O5S2/c1-6-13(3)17(23(5,18)19)10-9-16-24(20,21)15-11-12(2)7-8-14(15)22-4/h7-8,11,13,16H,6,9-10H2,1-5H3. The number of sulfonamides is 2. The van der Waals surface area contributed by atoms with E-state index in [0.29, 0.717) is 6.42 Å². The number of ether oxygens (including phenoxy) is 1. The van der Waals surface area contributed by atoms with Crippen LogP contribution in [-0.4, -0.2) is 53.6 Å². The van der Waals surface area contributed by atoms with E-state index in [2.05, 4.69) is 4.72 Å². The maximum absolute atomic E-state index is 12.5. The lowest BCUT2D eigenvalue weighted by molar-refractivity contribution is 0.334. The van der Waals surface area contributed by atoms with Crippen molar-refractivity contribution in [2.45, 2.75) is 38.1 Å². The first-order valence-corrected chi connectivity index (χ1v) is 11.0. The average molecular weight is 379 g/mol. The zero-order valence-electron chi connectivity index (χ0n) is 14.7. The van der Waals surface area contributed by atoms with E-state index < -0.39 is 20.0 Å². The second-order valence-corrected chi connectivity index (χ2v) is 9.35. The third-order valence-corrected chi connectivity index (χ3v) is 6.62. The van der Waals surface area contributed by atoms with E-state index in [9.17, 15) is 16.8 Å². The van der Waals surface area contributed by atoms with Gasteiger partial charge in [0.1, 0.15) is 10.6 Å². The number of nitrogens with zero attached hydrogens (tertiary/aromatic N) is 1. The molecule has 0 aromatic heterocycles. The van der Waals surface area contributed by atoms with Gasteiger partial charge in [0, 0.05) is 19.1 Å². The predicted octanol–water partition coefficient (Wildman–Crippen LogP) is 1.34. The van der Waals surface area contributed by atoms with Gasteiger partial charge in [0.15, 0.2) is 0 Å². The second-order valence-electron chi connectivity index (χ2n) is 5.68. The van der Waals surface area contributed by atoms with Crippen molar-refractivity contribution in [2.75, 3.05) is 26.5 Å². The molecule has 138 valence electrons. The van der Waals surface area contributed by atoms with Crippen molar-refractivity contribution in [3.8, 4) is 5.75 Å². The first-order valence-electron chi connectivity index (χ1n) is 7.64. The van der Waals surface area contributed by atoms with Crippen molar-refractivity contribution in [3.63, 3.8) is 0 Å². The SMILES string of the molecule is CCC(C)N(CCNS(=O)(=O)c1cc(C)ccc1OC)S(C)(=O)=O. The number of benzene rings is 1. The molecule has 0 saturated heterocycles. The predicted molar refractivity (Wildman–Crippen MR) is 94.2 cm³/mol. The van der Waals surface area contributed by atoms with E-state index >= 15 is 0 Å². The monoisotopic (exact) mass is 378 g/mol. The van der Waals surface area contributed by atoms with Crippen LogP contribution in [0.2, 0.25) is 0 Å². The summed E-state index contributed by atoms with van der Waals surface area (Å²) in [6.07, 6.45) is 1.77. The summed E-state index contributed by atoms with van der Waals surface area (Å²) >= 11 is 0. The van der Waals surface area contributed by atoms with Gasteiger partial charge in [0.05, 0.1) is 13.4 Å². The topological polar surface area (TPSA) is 92.8 Å². The Morgan fingerprint density at radius 3 is 2.38 bits per heavy atom. The molecule has 0 radical (unpaired) electrons. The molecule has 0 saturated carbocycles. The summed E-state index contributed by atoms with van der Waals surface area (Å²) in [6.45, 7) is 5.51. The van der Waals surface area contributed by atoms with Crippen molar-refractivity contribution >= 4 is 20.0 Å². The molecule has 7 nitrogen and oxygen atoms in total. The van der Waals surface area contributed by atoms with Crippen molar-refractivity contribution in [2.24, 2.45) is 0 Å². The van der Waals surface area contributed by atoms with Crippen LogP contribution in [0.5, 0.6) is 5.75 Å². The fourth-order valence-electron chi connectivity index (χ4n) is 2.28. The van der Waals surface area contributed by atoms with Gasteiger partial charge in [-0.3, -0.25) is 0 Å². The average Bonchev–Trinajstić information content (AvgIpc) is 2.49. The van der Waals surface area contributed by atoms with Crippen molar-refractivity contribution in [1.29, 1.82) is 0 Å². The van der Waals surface area contributed by atoms with Gasteiger partial charge in [0.2, 0.25) is 20.0 Å². The summed E-state index contributed by atoms with van der Waals surface area (Å²) < 4.78 is 57.5. The van der Waals surface area contributed by atoms with E-state index in [1.165, 1.54) is 17.5 Å². The quantitative estimate of drug-likeness (QED) is 0.700. The largest absolute Gasteiger partial charge is 0.495 e. The molecular weight excluding hydrogens is 352 g/mol. The van der Waals surface area contributed by atoms with E-state index in [0.717, 1.165) is 11.8 Å². The number of hydrogen-bond donors (Lipinski definition) is 1. The highest BCUT2D eigenvalue weighted by atomic mass is 32.2. The van der Waals surface area contributed by atoms with Crippen LogP contribution in [0.3, 0.4) is 0 Å². The molecule has 1 rings (SSSR count). The molecule has 0 fully saturated rings. The van der Waals surface area contributed by atoms with Gasteiger partial charge in [-0.2, -0.15) is 4.31 Å². The molecule has 0 spiro atoms. The smallest absolute Gasteiger partial charge is 0.244 e. The lowest BCUT2D eigenvalue weighted by Crippen LogP contribution is -2.42. The van der Waals surface area contributed by atoms with Gasteiger partial charge in [-0.25, -0.2) is 21.6 Å². The van der Waals surface area contributed by atoms with Crippen LogP contribution >= 0.6 is 0 Å². The molecule has 0 aliphatic heterocycles. The summed E-state index contributed by atoms with van der Waals surface area (Å²) in [4.78, 5) is 0.0412. The van der Waals surface area contributed by atoms with Crippen LogP contribution in [0.15, 0.2) is 23.1 Å². The van der Waals surface area contributed by atoms with Gasteiger partial charge in [0.25, 0.3) is 0 Å². The summed E-state index contributed by atoms with van der Waals surface area (Å²) in [7, 11) is -5.80. The Kier molecular flexibility index (Phi) is 7.21. The Hall–Kier alpha value is -1.16. The Bertz CT molecular complexity index is 760. The summed E-state index contributed by atoms with van der Waals surface area (Å²) in [5.74, 6) is 0.245. The van der Waals surface area contributed by atoms with Crippen molar-refractivity contribution < 1.29 is 21.6 Å². The molecule has 0 aliphatic rings. The van der Waals surface area contributed by atoms with Crippen LogP contribution in [0, 0.1) is 6.92 Å². The van der Waals surface area contributed by atoms with Gasteiger partial charge in [-0.05, 0) is 38.0 Å². The number of methoxy groups -OCH3 is 1. The van der Waals surface area contributed by atoms with E-state index in [4.69, 9.17) is 4.74 Å². The van der Waals surface area contributed by atoms with E-state index in [1.807, 2.05) is 6.92 Å². The first-order chi connectivity index (χ1) is 11.0. The van der Waals surface area contributed by atoms with Gasteiger partial charge >= 0.3 is 0 Å².